The molecule has 2 heterocycles. The summed E-state index contributed by atoms with van der Waals surface area (Å²) in [6.07, 6.45) is 1.35. The fourth-order valence-corrected chi connectivity index (χ4v) is 3.21. The van der Waals surface area contributed by atoms with Gasteiger partial charge < -0.3 is 10.2 Å². The normalized spacial score (nSPS) is 22.7. The summed E-state index contributed by atoms with van der Waals surface area (Å²) in [5.74, 6) is 0.172. The molecule has 1 atom stereocenters. The van der Waals surface area contributed by atoms with E-state index in [1.807, 2.05) is 36.1 Å². The molecular formula is C17H23N3O2. The summed E-state index contributed by atoms with van der Waals surface area (Å²) >= 11 is 0. The summed E-state index contributed by atoms with van der Waals surface area (Å²) in [5, 5.41) is 2.91. The second-order valence-corrected chi connectivity index (χ2v) is 6.20. The second-order valence-electron chi connectivity index (χ2n) is 6.20. The van der Waals surface area contributed by atoms with Crippen LogP contribution in [0.2, 0.25) is 0 Å². The second kappa shape index (κ2) is 6.48. The van der Waals surface area contributed by atoms with Crippen molar-refractivity contribution in [1.82, 2.24) is 15.1 Å². The van der Waals surface area contributed by atoms with Gasteiger partial charge in [0, 0.05) is 32.7 Å². The molecule has 0 aromatic heterocycles. The van der Waals surface area contributed by atoms with Crippen molar-refractivity contribution in [2.45, 2.75) is 25.8 Å². The Bertz CT molecular complexity index is 556. The van der Waals surface area contributed by atoms with Crippen molar-refractivity contribution < 1.29 is 9.59 Å². The lowest BCUT2D eigenvalue weighted by Crippen LogP contribution is -2.58. The average molecular weight is 301 g/mol. The number of rotatable bonds is 2. The van der Waals surface area contributed by atoms with Crippen molar-refractivity contribution in [3.8, 4) is 0 Å². The highest BCUT2D eigenvalue weighted by molar-refractivity contribution is 5.84. The van der Waals surface area contributed by atoms with Crippen LogP contribution in [0.5, 0.6) is 0 Å². The van der Waals surface area contributed by atoms with Gasteiger partial charge in [-0.2, -0.15) is 0 Å². The van der Waals surface area contributed by atoms with Gasteiger partial charge in [-0.05, 0) is 18.9 Å². The fraction of sp³-hybridized carbons (Fsp3) is 0.529. The van der Waals surface area contributed by atoms with Gasteiger partial charge in [0.05, 0.1) is 6.42 Å². The van der Waals surface area contributed by atoms with Crippen LogP contribution in [-0.2, 0) is 16.0 Å². The van der Waals surface area contributed by atoms with E-state index in [1.165, 1.54) is 5.56 Å². The number of piperazine rings is 1. The van der Waals surface area contributed by atoms with Gasteiger partial charge in [-0.25, -0.2) is 0 Å². The number of carbonyl (C=O) groups excluding carboxylic acids is 2. The van der Waals surface area contributed by atoms with E-state index in [9.17, 15) is 9.59 Å². The quantitative estimate of drug-likeness (QED) is 0.869. The lowest BCUT2D eigenvalue weighted by Gasteiger charge is -2.34. The van der Waals surface area contributed by atoms with Crippen molar-refractivity contribution in [2.75, 3.05) is 32.7 Å². The van der Waals surface area contributed by atoms with Crippen LogP contribution in [-0.4, -0.2) is 60.4 Å². The van der Waals surface area contributed by atoms with E-state index >= 15 is 0 Å². The summed E-state index contributed by atoms with van der Waals surface area (Å²) in [4.78, 5) is 28.7. The molecule has 2 amide bonds. The fourth-order valence-electron chi connectivity index (χ4n) is 3.21. The van der Waals surface area contributed by atoms with E-state index in [0.717, 1.165) is 31.6 Å². The highest BCUT2D eigenvalue weighted by atomic mass is 16.2. The number of hydrogen-bond acceptors (Lipinski definition) is 3. The third kappa shape index (κ3) is 3.30. The van der Waals surface area contributed by atoms with Crippen LogP contribution < -0.4 is 5.32 Å². The number of amides is 2. The number of nitrogens with one attached hydrogen (secondary N) is 1. The Hall–Kier alpha value is -1.88. The number of aryl methyl sites for hydroxylation is 1. The Morgan fingerprint density at radius 3 is 2.77 bits per heavy atom. The van der Waals surface area contributed by atoms with Gasteiger partial charge in [0.1, 0.15) is 6.04 Å². The van der Waals surface area contributed by atoms with Gasteiger partial charge in [0.2, 0.25) is 11.8 Å². The summed E-state index contributed by atoms with van der Waals surface area (Å²) in [7, 11) is 0. The van der Waals surface area contributed by atoms with Crippen molar-refractivity contribution in [1.29, 1.82) is 0 Å². The minimum Gasteiger partial charge on any atom is -0.353 e. The zero-order valence-electron chi connectivity index (χ0n) is 13.0. The van der Waals surface area contributed by atoms with E-state index in [2.05, 4.69) is 10.2 Å². The maximum absolute atomic E-state index is 12.6. The number of nitrogens with zero attached hydrogens (tertiary/aromatic N) is 2. The predicted molar refractivity (Wildman–Crippen MR) is 84.5 cm³/mol. The van der Waals surface area contributed by atoms with Gasteiger partial charge in [-0.3, -0.25) is 14.5 Å². The van der Waals surface area contributed by atoms with Crippen LogP contribution in [0.25, 0.3) is 0 Å². The zero-order valence-corrected chi connectivity index (χ0v) is 13.0. The number of benzene rings is 1. The van der Waals surface area contributed by atoms with Crippen molar-refractivity contribution in [3.63, 3.8) is 0 Å². The summed E-state index contributed by atoms with van der Waals surface area (Å²) in [6.45, 7) is 5.79. The zero-order chi connectivity index (χ0) is 15.5. The van der Waals surface area contributed by atoms with E-state index in [4.69, 9.17) is 0 Å². The van der Waals surface area contributed by atoms with E-state index in [-0.39, 0.29) is 17.9 Å². The molecule has 2 aliphatic rings. The van der Waals surface area contributed by atoms with Gasteiger partial charge in [-0.15, -0.1) is 0 Å². The van der Waals surface area contributed by atoms with E-state index in [0.29, 0.717) is 19.5 Å². The molecule has 1 N–H and O–H groups in total. The standard InChI is InChI=1S/C17H23N3O2/c1-13-3-5-14(6-4-13)11-16(21)20-9-2-8-19-10-7-18-17(22)15(19)12-20/h3-6,15H,2,7-12H2,1H3,(H,18,22). The maximum Gasteiger partial charge on any atom is 0.239 e. The molecule has 118 valence electrons. The third-order valence-corrected chi connectivity index (χ3v) is 4.54. The molecule has 3 rings (SSSR count). The summed E-state index contributed by atoms with van der Waals surface area (Å²) in [6, 6.07) is 7.89. The molecule has 2 fully saturated rings. The molecule has 0 spiro atoms. The number of hydrogen-bond donors (Lipinski definition) is 1. The molecule has 0 radical (unpaired) electrons. The lowest BCUT2D eigenvalue weighted by atomic mass is 10.1. The van der Waals surface area contributed by atoms with Crippen LogP contribution in [0.15, 0.2) is 24.3 Å². The molecule has 0 bridgehead atoms. The van der Waals surface area contributed by atoms with Crippen molar-refractivity contribution in [3.05, 3.63) is 35.4 Å². The minimum atomic E-state index is -0.182. The first-order valence-electron chi connectivity index (χ1n) is 7.98. The first kappa shape index (κ1) is 15.0. The van der Waals surface area contributed by atoms with Crippen LogP contribution >= 0.6 is 0 Å². The highest BCUT2D eigenvalue weighted by Gasteiger charge is 2.34. The smallest absolute Gasteiger partial charge is 0.239 e. The molecule has 2 aliphatic heterocycles. The minimum absolute atomic E-state index is 0.0567. The topological polar surface area (TPSA) is 52.7 Å². The van der Waals surface area contributed by atoms with Crippen molar-refractivity contribution in [2.24, 2.45) is 0 Å². The average Bonchev–Trinajstić information content (AvgIpc) is 2.73. The Morgan fingerprint density at radius 2 is 2.00 bits per heavy atom. The van der Waals surface area contributed by atoms with Crippen LogP contribution in [0.4, 0.5) is 0 Å². The molecule has 0 aliphatic carbocycles. The molecule has 5 heteroatoms. The summed E-state index contributed by atoms with van der Waals surface area (Å²) in [5.41, 5.74) is 2.23. The third-order valence-electron chi connectivity index (χ3n) is 4.54. The van der Waals surface area contributed by atoms with Crippen LogP contribution in [0.1, 0.15) is 17.5 Å². The Labute approximate surface area is 131 Å². The monoisotopic (exact) mass is 301 g/mol. The Kier molecular flexibility index (Phi) is 4.43. The SMILES string of the molecule is Cc1ccc(CC(=O)N2CCCN3CCNC(=O)C3C2)cc1. The first-order valence-corrected chi connectivity index (χ1v) is 7.98. The molecule has 1 unspecified atom stereocenters. The molecule has 2 saturated heterocycles. The molecule has 1 aromatic carbocycles. The molecule has 0 saturated carbocycles. The Balaban J connectivity index is 1.66. The molecular weight excluding hydrogens is 278 g/mol. The van der Waals surface area contributed by atoms with Crippen LogP contribution in [0.3, 0.4) is 0 Å². The molecule has 1 aromatic rings. The number of fused-ring (bicyclic) bond motifs is 1. The van der Waals surface area contributed by atoms with Crippen molar-refractivity contribution >= 4 is 11.8 Å². The van der Waals surface area contributed by atoms with Gasteiger partial charge in [0.15, 0.2) is 0 Å². The first-order chi connectivity index (χ1) is 10.6. The van der Waals surface area contributed by atoms with Gasteiger partial charge in [0.25, 0.3) is 0 Å². The maximum atomic E-state index is 12.6. The van der Waals surface area contributed by atoms with Gasteiger partial charge >= 0.3 is 0 Å². The van der Waals surface area contributed by atoms with Crippen LogP contribution in [0, 0.1) is 6.92 Å². The molecule has 22 heavy (non-hydrogen) atoms. The Morgan fingerprint density at radius 1 is 1.23 bits per heavy atom. The van der Waals surface area contributed by atoms with Gasteiger partial charge in [-0.1, -0.05) is 29.8 Å². The molecule has 5 nitrogen and oxygen atoms in total. The predicted octanol–water partition coefficient (Wildman–Crippen LogP) is 0.570. The highest BCUT2D eigenvalue weighted by Crippen LogP contribution is 2.14. The lowest BCUT2D eigenvalue weighted by molar-refractivity contribution is -0.133. The van der Waals surface area contributed by atoms with E-state index < -0.39 is 0 Å². The summed E-state index contributed by atoms with van der Waals surface area (Å²) < 4.78 is 0. The number of carbonyl (C=O) groups is 2. The van der Waals surface area contributed by atoms with E-state index in [1.54, 1.807) is 0 Å². The largest absolute Gasteiger partial charge is 0.353 e.